The van der Waals surface area contributed by atoms with Gasteiger partial charge in [0.1, 0.15) is 11.5 Å². The molecule has 0 aromatic carbocycles. The van der Waals surface area contributed by atoms with Gasteiger partial charge in [-0.05, 0) is 6.92 Å². The summed E-state index contributed by atoms with van der Waals surface area (Å²) in [6, 6.07) is 0. The first-order valence-electron chi connectivity index (χ1n) is 3.54. The van der Waals surface area contributed by atoms with E-state index < -0.39 is 0 Å². The Kier molecular flexibility index (Phi) is 4.34. The van der Waals surface area contributed by atoms with E-state index in [4.69, 9.17) is 9.47 Å². The molecular formula is C8H14O3. The van der Waals surface area contributed by atoms with Crippen molar-refractivity contribution in [2.45, 2.75) is 27.2 Å². The Balaban J connectivity index is 4.26. The first kappa shape index (κ1) is 10.0. The van der Waals surface area contributed by atoms with Crippen LogP contribution in [0.15, 0.2) is 11.5 Å². The molecular weight excluding hydrogens is 144 g/mol. The fourth-order valence-corrected chi connectivity index (χ4v) is 0.680. The number of rotatable bonds is 3. The minimum Gasteiger partial charge on any atom is -0.498 e. The van der Waals surface area contributed by atoms with Crippen LogP contribution in [0.4, 0.5) is 0 Å². The number of esters is 1. The quantitative estimate of drug-likeness (QED) is 0.464. The Hall–Kier alpha value is -0.990. The summed E-state index contributed by atoms with van der Waals surface area (Å²) < 4.78 is 9.77. The van der Waals surface area contributed by atoms with Crippen molar-refractivity contribution in [3.8, 4) is 0 Å². The molecule has 0 unspecified atom stereocenters. The molecule has 3 nitrogen and oxygen atoms in total. The Morgan fingerprint density at radius 3 is 2.18 bits per heavy atom. The Morgan fingerprint density at radius 1 is 1.36 bits per heavy atom. The molecule has 0 N–H and O–H groups in total. The summed E-state index contributed by atoms with van der Waals surface area (Å²) in [5.74, 6) is 0.945. The lowest BCUT2D eigenvalue weighted by Crippen LogP contribution is -2.01. The van der Waals surface area contributed by atoms with Gasteiger partial charge in [0.25, 0.3) is 0 Å². The maximum Gasteiger partial charge on any atom is 0.307 e. The molecule has 0 saturated heterocycles. The van der Waals surface area contributed by atoms with E-state index in [1.54, 1.807) is 14.0 Å². The second-order valence-corrected chi connectivity index (χ2v) is 2.13. The smallest absolute Gasteiger partial charge is 0.307 e. The number of carbonyl (C=O) groups excluding carboxylic acids is 1. The van der Waals surface area contributed by atoms with E-state index in [0.717, 1.165) is 0 Å². The fourth-order valence-electron chi connectivity index (χ4n) is 0.680. The van der Waals surface area contributed by atoms with Crippen LogP contribution in [0.2, 0.25) is 0 Å². The van der Waals surface area contributed by atoms with Gasteiger partial charge in [-0.3, -0.25) is 4.79 Å². The van der Waals surface area contributed by atoms with Crippen LogP contribution >= 0.6 is 0 Å². The third-order valence-electron chi connectivity index (χ3n) is 1.29. The SMILES string of the molecule is CCC(OC(C)=O)=C(C)OC. The largest absolute Gasteiger partial charge is 0.498 e. The molecule has 0 aromatic heterocycles. The summed E-state index contributed by atoms with van der Waals surface area (Å²) in [6.45, 7) is 5.04. The van der Waals surface area contributed by atoms with E-state index in [1.807, 2.05) is 6.92 Å². The molecule has 0 fully saturated rings. The standard InChI is InChI=1S/C8H14O3/c1-5-8(6(2)10-4)11-7(3)9/h5H2,1-4H3. The number of methoxy groups -OCH3 is 1. The van der Waals surface area contributed by atoms with Crippen molar-refractivity contribution in [3.05, 3.63) is 11.5 Å². The van der Waals surface area contributed by atoms with Crippen LogP contribution < -0.4 is 0 Å². The van der Waals surface area contributed by atoms with E-state index in [-0.39, 0.29) is 5.97 Å². The maximum absolute atomic E-state index is 10.5. The first-order chi connectivity index (χ1) is 5.11. The lowest BCUT2D eigenvalue weighted by atomic mass is 10.3. The summed E-state index contributed by atoms with van der Waals surface area (Å²) in [7, 11) is 1.55. The number of allylic oxidation sites excluding steroid dienone is 2. The Labute approximate surface area is 67.0 Å². The van der Waals surface area contributed by atoms with Gasteiger partial charge in [-0.25, -0.2) is 0 Å². The number of carbonyl (C=O) groups is 1. The highest BCUT2D eigenvalue weighted by Crippen LogP contribution is 2.10. The summed E-state index contributed by atoms with van der Waals surface area (Å²) in [6.07, 6.45) is 0.666. The van der Waals surface area contributed by atoms with Crippen LogP contribution in [0, 0.1) is 0 Å². The number of hydrogen-bond donors (Lipinski definition) is 0. The third kappa shape index (κ3) is 3.65. The minimum atomic E-state index is -0.307. The second-order valence-electron chi connectivity index (χ2n) is 2.13. The molecule has 0 aliphatic carbocycles. The van der Waals surface area contributed by atoms with Crippen molar-refractivity contribution in [1.29, 1.82) is 0 Å². The highest BCUT2D eigenvalue weighted by Gasteiger charge is 2.03. The van der Waals surface area contributed by atoms with Crippen LogP contribution in [0.5, 0.6) is 0 Å². The molecule has 0 bridgehead atoms. The minimum absolute atomic E-state index is 0.307. The molecule has 3 heteroatoms. The van der Waals surface area contributed by atoms with Crippen LogP contribution in [0.3, 0.4) is 0 Å². The highest BCUT2D eigenvalue weighted by atomic mass is 16.6. The first-order valence-corrected chi connectivity index (χ1v) is 3.54. The lowest BCUT2D eigenvalue weighted by Gasteiger charge is -2.07. The second kappa shape index (κ2) is 4.77. The van der Waals surface area contributed by atoms with Gasteiger partial charge < -0.3 is 9.47 Å². The van der Waals surface area contributed by atoms with E-state index in [9.17, 15) is 4.79 Å². The molecule has 11 heavy (non-hydrogen) atoms. The van der Waals surface area contributed by atoms with Crippen LogP contribution in [0.1, 0.15) is 27.2 Å². The Bertz CT molecular complexity index is 170. The topological polar surface area (TPSA) is 35.5 Å². The van der Waals surface area contributed by atoms with Gasteiger partial charge in [0.15, 0.2) is 0 Å². The molecule has 0 aromatic rings. The molecule has 0 saturated carbocycles. The molecule has 0 heterocycles. The maximum atomic E-state index is 10.5. The van der Waals surface area contributed by atoms with E-state index in [2.05, 4.69) is 0 Å². The van der Waals surface area contributed by atoms with Crippen molar-refractivity contribution in [1.82, 2.24) is 0 Å². The predicted molar refractivity (Wildman–Crippen MR) is 41.8 cm³/mol. The zero-order chi connectivity index (χ0) is 8.85. The van der Waals surface area contributed by atoms with Gasteiger partial charge in [0.05, 0.1) is 7.11 Å². The highest BCUT2D eigenvalue weighted by molar-refractivity contribution is 5.67. The Morgan fingerprint density at radius 2 is 1.91 bits per heavy atom. The van der Waals surface area contributed by atoms with Crippen molar-refractivity contribution < 1.29 is 14.3 Å². The number of hydrogen-bond acceptors (Lipinski definition) is 3. The summed E-state index contributed by atoms with van der Waals surface area (Å²) in [5.41, 5.74) is 0. The van der Waals surface area contributed by atoms with Crippen molar-refractivity contribution >= 4 is 5.97 Å². The summed E-state index contributed by atoms with van der Waals surface area (Å²) in [5, 5.41) is 0. The molecule has 0 rings (SSSR count). The molecule has 0 aliphatic rings. The van der Waals surface area contributed by atoms with E-state index in [1.165, 1.54) is 6.92 Å². The summed E-state index contributed by atoms with van der Waals surface area (Å²) in [4.78, 5) is 10.5. The molecule has 0 spiro atoms. The van der Waals surface area contributed by atoms with Crippen molar-refractivity contribution in [2.24, 2.45) is 0 Å². The van der Waals surface area contributed by atoms with E-state index >= 15 is 0 Å². The van der Waals surface area contributed by atoms with Gasteiger partial charge in [0.2, 0.25) is 0 Å². The molecule has 0 amide bonds. The van der Waals surface area contributed by atoms with Crippen LogP contribution in [-0.4, -0.2) is 13.1 Å². The van der Waals surface area contributed by atoms with Crippen molar-refractivity contribution in [3.63, 3.8) is 0 Å². The van der Waals surface area contributed by atoms with Gasteiger partial charge in [0, 0.05) is 13.3 Å². The van der Waals surface area contributed by atoms with Crippen LogP contribution in [-0.2, 0) is 14.3 Å². The molecule has 0 radical (unpaired) electrons. The predicted octanol–water partition coefficient (Wildman–Crippen LogP) is 1.84. The van der Waals surface area contributed by atoms with E-state index in [0.29, 0.717) is 17.9 Å². The van der Waals surface area contributed by atoms with Gasteiger partial charge in [-0.1, -0.05) is 6.92 Å². The molecule has 0 atom stereocenters. The zero-order valence-electron chi connectivity index (χ0n) is 7.43. The number of ether oxygens (including phenoxy) is 2. The third-order valence-corrected chi connectivity index (χ3v) is 1.29. The normalized spacial score (nSPS) is 12.0. The average molecular weight is 158 g/mol. The fraction of sp³-hybridized carbons (Fsp3) is 0.625. The van der Waals surface area contributed by atoms with Crippen molar-refractivity contribution in [2.75, 3.05) is 7.11 Å². The summed E-state index contributed by atoms with van der Waals surface area (Å²) >= 11 is 0. The van der Waals surface area contributed by atoms with Crippen LogP contribution in [0.25, 0.3) is 0 Å². The monoisotopic (exact) mass is 158 g/mol. The molecule has 64 valence electrons. The lowest BCUT2D eigenvalue weighted by molar-refractivity contribution is -0.137. The zero-order valence-corrected chi connectivity index (χ0v) is 7.43. The van der Waals surface area contributed by atoms with Gasteiger partial charge in [-0.2, -0.15) is 0 Å². The van der Waals surface area contributed by atoms with Gasteiger partial charge >= 0.3 is 5.97 Å². The molecule has 0 aliphatic heterocycles. The van der Waals surface area contributed by atoms with Gasteiger partial charge in [-0.15, -0.1) is 0 Å². The average Bonchev–Trinajstić information content (AvgIpc) is 1.98.